The van der Waals surface area contributed by atoms with Gasteiger partial charge in [0.2, 0.25) is 0 Å². The highest BCUT2D eigenvalue weighted by Crippen LogP contribution is 2.20. The Labute approximate surface area is 77.3 Å². The summed E-state index contributed by atoms with van der Waals surface area (Å²) in [6.45, 7) is 5.64. The Balaban J connectivity index is 3.05. The summed E-state index contributed by atoms with van der Waals surface area (Å²) in [6, 6.07) is 5.59. The van der Waals surface area contributed by atoms with E-state index in [0.29, 0.717) is 0 Å². The van der Waals surface area contributed by atoms with E-state index in [1.165, 1.54) is 0 Å². The minimum Gasteiger partial charge on any atom is -0.392 e. The Hall–Kier alpha value is -0.790. The summed E-state index contributed by atoms with van der Waals surface area (Å²) in [5, 5.41) is 9.56. The lowest BCUT2D eigenvalue weighted by Crippen LogP contribution is -1.89. The van der Waals surface area contributed by atoms with E-state index in [2.05, 4.69) is 6.58 Å². The Kier molecular flexibility index (Phi) is 2.90. The third-order valence-corrected chi connectivity index (χ3v) is 2.18. The maximum atomic E-state index is 8.82. The fourth-order valence-electron chi connectivity index (χ4n) is 0.956. The first-order valence-electron chi connectivity index (χ1n) is 3.70. The highest BCUT2D eigenvalue weighted by Gasteiger charge is 1.99. The lowest BCUT2D eigenvalue weighted by atomic mass is 10.1. The first-order valence-corrected chi connectivity index (χ1v) is 4.08. The molecule has 0 aromatic heterocycles. The van der Waals surface area contributed by atoms with Crippen LogP contribution in [0.4, 0.5) is 0 Å². The van der Waals surface area contributed by atoms with Gasteiger partial charge in [-0.1, -0.05) is 30.3 Å². The zero-order valence-corrected chi connectivity index (χ0v) is 7.73. The summed E-state index contributed by atoms with van der Waals surface area (Å²) < 4.78 is 0. The van der Waals surface area contributed by atoms with Gasteiger partial charge in [-0.2, -0.15) is 0 Å². The van der Waals surface area contributed by atoms with Crippen LogP contribution in [0, 0.1) is 6.92 Å². The Morgan fingerprint density at radius 3 is 2.75 bits per heavy atom. The van der Waals surface area contributed by atoms with Gasteiger partial charge in [-0.05, 0) is 29.7 Å². The standard InChI is InChI=1S/C10H11ClO/c1-7-5-9(8(2)6-12)3-4-10(7)11/h3-5,12H,2,6H2,1H3. The van der Waals surface area contributed by atoms with Crippen LogP contribution >= 0.6 is 11.6 Å². The molecule has 64 valence electrons. The summed E-state index contributed by atoms with van der Waals surface area (Å²) in [5.74, 6) is 0. The quantitative estimate of drug-likeness (QED) is 0.746. The summed E-state index contributed by atoms with van der Waals surface area (Å²) in [6.07, 6.45) is 0. The van der Waals surface area contributed by atoms with Crippen molar-refractivity contribution in [1.29, 1.82) is 0 Å². The van der Waals surface area contributed by atoms with Gasteiger partial charge in [0.15, 0.2) is 0 Å². The number of rotatable bonds is 2. The van der Waals surface area contributed by atoms with Crippen LogP contribution in [-0.2, 0) is 0 Å². The topological polar surface area (TPSA) is 20.2 Å². The van der Waals surface area contributed by atoms with Crippen LogP contribution in [-0.4, -0.2) is 11.7 Å². The SMILES string of the molecule is C=C(CO)c1ccc(Cl)c(C)c1. The number of aryl methyl sites for hydroxylation is 1. The van der Waals surface area contributed by atoms with Crippen LogP contribution in [0.15, 0.2) is 24.8 Å². The van der Waals surface area contributed by atoms with E-state index in [4.69, 9.17) is 16.7 Å². The molecule has 0 aliphatic heterocycles. The summed E-state index contributed by atoms with van der Waals surface area (Å²) in [7, 11) is 0. The smallest absolute Gasteiger partial charge is 0.0681 e. The van der Waals surface area contributed by atoms with Crippen LogP contribution < -0.4 is 0 Å². The van der Waals surface area contributed by atoms with Gasteiger partial charge in [-0.25, -0.2) is 0 Å². The molecule has 0 radical (unpaired) electrons. The van der Waals surface area contributed by atoms with Gasteiger partial charge in [0.25, 0.3) is 0 Å². The van der Waals surface area contributed by atoms with Crippen LogP contribution in [0.2, 0.25) is 5.02 Å². The molecule has 1 aromatic rings. The molecule has 1 rings (SSSR count). The molecular weight excluding hydrogens is 172 g/mol. The van der Waals surface area contributed by atoms with E-state index in [9.17, 15) is 0 Å². The summed E-state index contributed by atoms with van der Waals surface area (Å²) in [4.78, 5) is 0. The normalized spacial score (nSPS) is 9.92. The molecule has 12 heavy (non-hydrogen) atoms. The molecular formula is C10H11ClO. The van der Waals surface area contributed by atoms with E-state index < -0.39 is 0 Å². The third-order valence-electron chi connectivity index (χ3n) is 1.76. The molecule has 0 aliphatic rings. The molecule has 1 N–H and O–H groups in total. The summed E-state index contributed by atoms with van der Waals surface area (Å²) in [5.41, 5.74) is 2.66. The number of halogens is 1. The van der Waals surface area contributed by atoms with E-state index in [0.717, 1.165) is 21.7 Å². The highest BCUT2D eigenvalue weighted by molar-refractivity contribution is 6.31. The predicted octanol–water partition coefficient (Wildman–Crippen LogP) is 2.65. The monoisotopic (exact) mass is 182 g/mol. The van der Waals surface area contributed by atoms with E-state index >= 15 is 0 Å². The Morgan fingerprint density at radius 2 is 2.25 bits per heavy atom. The average molecular weight is 183 g/mol. The van der Waals surface area contributed by atoms with Gasteiger partial charge in [-0.3, -0.25) is 0 Å². The molecule has 2 heteroatoms. The number of aliphatic hydroxyl groups is 1. The third kappa shape index (κ3) is 1.87. The largest absolute Gasteiger partial charge is 0.392 e. The van der Waals surface area contributed by atoms with Crippen LogP contribution in [0.5, 0.6) is 0 Å². The lowest BCUT2D eigenvalue weighted by molar-refractivity contribution is 0.350. The summed E-state index contributed by atoms with van der Waals surface area (Å²) >= 11 is 5.84. The average Bonchev–Trinajstić information content (AvgIpc) is 2.08. The van der Waals surface area contributed by atoms with E-state index in [1.54, 1.807) is 0 Å². The van der Waals surface area contributed by atoms with Crippen molar-refractivity contribution in [2.24, 2.45) is 0 Å². The van der Waals surface area contributed by atoms with Crippen molar-refractivity contribution in [1.82, 2.24) is 0 Å². The number of aliphatic hydroxyl groups excluding tert-OH is 1. The van der Waals surface area contributed by atoms with Gasteiger partial charge >= 0.3 is 0 Å². The zero-order valence-electron chi connectivity index (χ0n) is 6.97. The van der Waals surface area contributed by atoms with E-state index in [-0.39, 0.29) is 6.61 Å². The van der Waals surface area contributed by atoms with Gasteiger partial charge < -0.3 is 5.11 Å². The van der Waals surface area contributed by atoms with Crippen LogP contribution in [0.3, 0.4) is 0 Å². The molecule has 0 bridgehead atoms. The van der Waals surface area contributed by atoms with Crippen molar-refractivity contribution in [3.8, 4) is 0 Å². The number of benzene rings is 1. The molecule has 1 aromatic carbocycles. The first-order chi connectivity index (χ1) is 5.65. The molecule has 0 aliphatic carbocycles. The lowest BCUT2D eigenvalue weighted by Gasteiger charge is -2.04. The van der Waals surface area contributed by atoms with Crippen LogP contribution in [0.25, 0.3) is 5.57 Å². The van der Waals surface area contributed by atoms with Gasteiger partial charge in [-0.15, -0.1) is 0 Å². The second-order valence-electron chi connectivity index (χ2n) is 2.73. The second kappa shape index (κ2) is 3.74. The molecule has 0 spiro atoms. The molecule has 0 unspecified atom stereocenters. The zero-order chi connectivity index (χ0) is 9.14. The highest BCUT2D eigenvalue weighted by atomic mass is 35.5. The predicted molar refractivity (Wildman–Crippen MR) is 52.3 cm³/mol. The Morgan fingerprint density at radius 1 is 1.58 bits per heavy atom. The van der Waals surface area contributed by atoms with Crippen molar-refractivity contribution in [3.63, 3.8) is 0 Å². The van der Waals surface area contributed by atoms with Crippen molar-refractivity contribution >= 4 is 17.2 Å². The molecule has 0 saturated heterocycles. The van der Waals surface area contributed by atoms with Gasteiger partial charge in [0.1, 0.15) is 0 Å². The molecule has 0 amide bonds. The van der Waals surface area contributed by atoms with Crippen molar-refractivity contribution < 1.29 is 5.11 Å². The number of hydrogen-bond acceptors (Lipinski definition) is 1. The molecule has 0 heterocycles. The van der Waals surface area contributed by atoms with Crippen molar-refractivity contribution in [2.75, 3.05) is 6.61 Å². The van der Waals surface area contributed by atoms with Crippen LogP contribution in [0.1, 0.15) is 11.1 Å². The minimum atomic E-state index is -0.0128. The second-order valence-corrected chi connectivity index (χ2v) is 3.13. The number of hydrogen-bond donors (Lipinski definition) is 1. The van der Waals surface area contributed by atoms with Crippen molar-refractivity contribution in [3.05, 3.63) is 40.9 Å². The van der Waals surface area contributed by atoms with Gasteiger partial charge in [0, 0.05) is 5.02 Å². The molecule has 0 atom stereocenters. The molecule has 0 fully saturated rings. The fraction of sp³-hybridized carbons (Fsp3) is 0.200. The Bertz CT molecular complexity index is 305. The first kappa shape index (κ1) is 9.30. The van der Waals surface area contributed by atoms with Crippen molar-refractivity contribution in [2.45, 2.75) is 6.92 Å². The fourth-order valence-corrected chi connectivity index (χ4v) is 1.07. The maximum Gasteiger partial charge on any atom is 0.0681 e. The maximum absolute atomic E-state index is 8.82. The molecule has 1 nitrogen and oxygen atoms in total. The molecule has 0 saturated carbocycles. The van der Waals surface area contributed by atoms with E-state index in [1.807, 2.05) is 25.1 Å². The minimum absolute atomic E-state index is 0.0128. The van der Waals surface area contributed by atoms with Gasteiger partial charge in [0.05, 0.1) is 6.61 Å².